The second kappa shape index (κ2) is 32.6. The number of benzene rings is 8. The van der Waals surface area contributed by atoms with Gasteiger partial charge >= 0.3 is 0 Å². The largest absolute Gasteiger partial charge is 0.0620 e. The molecule has 0 unspecified atom stereocenters. The minimum Gasteiger partial charge on any atom is -0.0620 e. The highest BCUT2D eigenvalue weighted by Crippen LogP contribution is 2.16. The van der Waals surface area contributed by atoms with E-state index in [1.54, 1.807) is 0 Å². The van der Waals surface area contributed by atoms with Gasteiger partial charge in [-0.15, -0.1) is 0 Å². The highest BCUT2D eigenvalue weighted by Gasteiger charge is 1.98. The van der Waals surface area contributed by atoms with E-state index < -0.39 is 0 Å². The summed E-state index contributed by atoms with van der Waals surface area (Å²) in [5.41, 5.74) is 31.7. The zero-order chi connectivity index (χ0) is 54.0. The lowest BCUT2D eigenvalue weighted by molar-refractivity contribution is 1.22. The maximum Gasteiger partial charge on any atom is -0.0392 e. The molecule has 0 bridgehead atoms. The molecule has 378 valence electrons. The van der Waals surface area contributed by atoms with Crippen LogP contribution in [0.1, 0.15) is 128 Å². The number of aryl methyl sites for hydroxylation is 19. The number of rotatable bonds is 0. The summed E-state index contributed by atoms with van der Waals surface area (Å²) >= 11 is 0. The van der Waals surface area contributed by atoms with Crippen molar-refractivity contribution in [2.24, 2.45) is 0 Å². The van der Waals surface area contributed by atoms with Crippen LogP contribution in [-0.2, 0) is 0 Å². The van der Waals surface area contributed by atoms with E-state index >= 15 is 0 Å². The first-order valence-corrected chi connectivity index (χ1v) is 25.5. The zero-order valence-corrected chi connectivity index (χ0v) is 48.9. The smallest absolute Gasteiger partial charge is 0.0392 e. The van der Waals surface area contributed by atoms with Crippen molar-refractivity contribution in [3.63, 3.8) is 0 Å². The lowest BCUT2D eigenvalue weighted by atomic mass is 10.0. The van der Waals surface area contributed by atoms with Crippen LogP contribution in [0.4, 0.5) is 0 Å². The summed E-state index contributed by atoms with van der Waals surface area (Å²) in [4.78, 5) is 0. The third-order valence-corrected chi connectivity index (χ3v) is 13.1. The van der Waals surface area contributed by atoms with E-state index in [1.807, 2.05) is 0 Å². The standard InChI is InChI=1S/2C10H14.3C9H12.3C8H10/c1-7-5-8(2)10(4)9(3)6-7;1-7-5-6-8(2)10(4)9(7)3;1-7-4-8(2)6-9(3)5-7;1-7-4-5-8(2)9(3)6-7;1-7-5-4-6-8(2)9(7)3;1-7-3-5-8(2)6-4-7;1-7-4-3-5-8(2)6-7;1-7-5-3-4-6-8(7)2/h2*5-6H,1-4H3;3*4-6H,1-3H3;3*3-6H,1-2H3. The first-order valence-electron chi connectivity index (χ1n) is 25.5. The van der Waals surface area contributed by atoms with Crippen LogP contribution in [0.15, 0.2) is 152 Å². The SMILES string of the molecule is Cc1cc(C)c(C)c(C)c1.Cc1cc(C)cc(C)c1.Cc1ccc(C)c(C)c1.Cc1ccc(C)c(C)c1C.Cc1ccc(C)cc1.Cc1cccc(C)c1.Cc1cccc(C)c1C.Cc1ccccc1C. The Kier molecular flexibility index (Phi) is 28.8. The van der Waals surface area contributed by atoms with Gasteiger partial charge in [0.15, 0.2) is 0 Å². The molecule has 8 aromatic rings. The topological polar surface area (TPSA) is 0 Å². The Morgan fingerprint density at radius 2 is 0.380 bits per heavy atom. The van der Waals surface area contributed by atoms with Crippen molar-refractivity contribution in [2.45, 2.75) is 159 Å². The average Bonchev–Trinajstić information content (AvgIpc) is 3.30. The molecule has 0 heterocycles. The van der Waals surface area contributed by atoms with Crippen LogP contribution in [-0.4, -0.2) is 0 Å². The van der Waals surface area contributed by atoms with Crippen LogP contribution in [0.5, 0.6) is 0 Å². The molecule has 0 saturated heterocycles. The number of hydrogen-bond acceptors (Lipinski definition) is 0. The van der Waals surface area contributed by atoms with Gasteiger partial charge in [-0.05, 0) is 237 Å². The van der Waals surface area contributed by atoms with Crippen LogP contribution >= 0.6 is 0 Å². The van der Waals surface area contributed by atoms with Gasteiger partial charge in [0.2, 0.25) is 0 Å². The van der Waals surface area contributed by atoms with E-state index in [1.165, 1.54) is 128 Å². The predicted octanol–water partition coefficient (Wildman–Crippen LogP) is 20.6. The van der Waals surface area contributed by atoms with Crippen molar-refractivity contribution >= 4 is 0 Å². The number of hydrogen-bond donors (Lipinski definition) is 0. The van der Waals surface area contributed by atoms with E-state index in [2.05, 4.69) is 311 Å². The maximum absolute atomic E-state index is 2.22. The molecule has 0 saturated carbocycles. The highest BCUT2D eigenvalue weighted by atomic mass is 14.0. The molecule has 0 aromatic heterocycles. The fourth-order valence-electron chi connectivity index (χ4n) is 7.44. The predicted molar refractivity (Wildman–Crippen MR) is 320 cm³/mol. The summed E-state index contributed by atoms with van der Waals surface area (Å²) < 4.78 is 0. The van der Waals surface area contributed by atoms with Gasteiger partial charge < -0.3 is 0 Å². The van der Waals surface area contributed by atoms with Gasteiger partial charge in [-0.2, -0.15) is 0 Å². The van der Waals surface area contributed by atoms with Crippen molar-refractivity contribution in [3.05, 3.63) is 280 Å². The lowest BCUT2D eigenvalue weighted by Gasteiger charge is -2.06. The minimum absolute atomic E-state index is 1.33. The average molecular weight is 948 g/mol. The van der Waals surface area contributed by atoms with Crippen LogP contribution in [0.25, 0.3) is 0 Å². The molecule has 8 rings (SSSR count). The Labute approximate surface area is 436 Å². The van der Waals surface area contributed by atoms with Crippen molar-refractivity contribution in [1.29, 1.82) is 0 Å². The van der Waals surface area contributed by atoms with Crippen molar-refractivity contribution in [1.82, 2.24) is 0 Å². The van der Waals surface area contributed by atoms with E-state index in [0.717, 1.165) is 0 Å². The molecule has 0 atom stereocenters. The summed E-state index contributed by atoms with van der Waals surface area (Å²) in [6, 6.07) is 53.5. The van der Waals surface area contributed by atoms with E-state index in [4.69, 9.17) is 0 Å². The lowest BCUT2D eigenvalue weighted by Crippen LogP contribution is -1.88. The third kappa shape index (κ3) is 26.0. The van der Waals surface area contributed by atoms with Crippen LogP contribution in [0.2, 0.25) is 0 Å². The van der Waals surface area contributed by atoms with Crippen LogP contribution in [0.3, 0.4) is 0 Å². The van der Waals surface area contributed by atoms with Crippen LogP contribution < -0.4 is 0 Å². The highest BCUT2D eigenvalue weighted by molar-refractivity contribution is 5.38. The second-order valence-electron chi connectivity index (χ2n) is 20.1. The fraction of sp³-hybridized carbons (Fsp3) is 0.324. The minimum atomic E-state index is 1.33. The molecule has 71 heavy (non-hydrogen) atoms. The van der Waals surface area contributed by atoms with E-state index in [0.29, 0.717) is 0 Å². The van der Waals surface area contributed by atoms with Crippen molar-refractivity contribution in [3.8, 4) is 0 Å². The van der Waals surface area contributed by atoms with Gasteiger partial charge in [0.05, 0.1) is 0 Å². The van der Waals surface area contributed by atoms with E-state index in [9.17, 15) is 0 Å². The zero-order valence-electron chi connectivity index (χ0n) is 48.9. The van der Waals surface area contributed by atoms with Crippen molar-refractivity contribution in [2.75, 3.05) is 0 Å². The molecule has 0 nitrogen and oxygen atoms in total. The summed E-state index contributed by atoms with van der Waals surface area (Å²) in [7, 11) is 0. The summed E-state index contributed by atoms with van der Waals surface area (Å²) in [6.45, 7) is 49.1. The summed E-state index contributed by atoms with van der Waals surface area (Å²) in [6.07, 6.45) is 0. The van der Waals surface area contributed by atoms with Gasteiger partial charge in [0.1, 0.15) is 0 Å². The summed E-state index contributed by atoms with van der Waals surface area (Å²) in [5.74, 6) is 0. The Bertz CT molecular complexity index is 2630. The van der Waals surface area contributed by atoms with Gasteiger partial charge in [-0.25, -0.2) is 0 Å². The Balaban J connectivity index is 0.000000406. The van der Waals surface area contributed by atoms with E-state index in [-0.39, 0.29) is 0 Å². The maximum atomic E-state index is 2.22. The molecule has 0 spiro atoms. The van der Waals surface area contributed by atoms with Gasteiger partial charge in [0, 0.05) is 0 Å². The monoisotopic (exact) mass is 947 g/mol. The molecular weight excluding hydrogens is 853 g/mol. The molecule has 0 aliphatic rings. The molecule has 0 radical (unpaired) electrons. The Morgan fingerprint density at radius 3 is 0.690 bits per heavy atom. The van der Waals surface area contributed by atoms with Crippen molar-refractivity contribution < 1.29 is 0 Å². The van der Waals surface area contributed by atoms with Crippen LogP contribution in [0, 0.1) is 159 Å². The Hall–Kier alpha value is -6.24. The summed E-state index contributed by atoms with van der Waals surface area (Å²) in [5, 5.41) is 0. The quantitative estimate of drug-likeness (QED) is 0.142. The fourth-order valence-corrected chi connectivity index (χ4v) is 7.44. The first kappa shape index (κ1) is 62.8. The second-order valence-corrected chi connectivity index (χ2v) is 20.1. The molecule has 8 aromatic carbocycles. The molecule has 0 aliphatic carbocycles. The molecule has 0 N–H and O–H groups in total. The molecule has 0 amide bonds. The van der Waals surface area contributed by atoms with Gasteiger partial charge in [-0.1, -0.05) is 202 Å². The molecule has 0 heteroatoms. The molecular formula is C71H94. The third-order valence-electron chi connectivity index (χ3n) is 13.1. The Morgan fingerprint density at radius 1 is 0.141 bits per heavy atom. The normalized spacial score (nSPS) is 9.62. The van der Waals surface area contributed by atoms with Gasteiger partial charge in [-0.3, -0.25) is 0 Å². The molecule has 0 fully saturated rings. The van der Waals surface area contributed by atoms with Gasteiger partial charge in [0.25, 0.3) is 0 Å². The molecule has 0 aliphatic heterocycles. The first-order chi connectivity index (χ1) is 33.2.